The SMILES string of the molecule is Cc1cc(-c2ccc(F)cc2F)cc(C)c1C=O. The highest BCUT2D eigenvalue weighted by atomic mass is 19.1. The Morgan fingerprint density at radius 1 is 1.00 bits per heavy atom. The molecule has 18 heavy (non-hydrogen) atoms. The van der Waals surface area contributed by atoms with Crippen molar-refractivity contribution in [3.63, 3.8) is 0 Å². The number of carbonyl (C=O) groups excluding carboxylic acids is 1. The molecule has 0 N–H and O–H groups in total. The number of aryl methyl sites for hydroxylation is 2. The predicted octanol–water partition coefficient (Wildman–Crippen LogP) is 4.06. The lowest BCUT2D eigenvalue weighted by Gasteiger charge is -2.09. The molecule has 3 heteroatoms. The number of hydrogen-bond acceptors (Lipinski definition) is 1. The Morgan fingerprint density at radius 2 is 1.61 bits per heavy atom. The molecular weight excluding hydrogens is 234 g/mol. The average Bonchev–Trinajstić information content (AvgIpc) is 2.28. The van der Waals surface area contributed by atoms with Gasteiger partial charge in [-0.05, 0) is 42.7 Å². The summed E-state index contributed by atoms with van der Waals surface area (Å²) in [6.45, 7) is 3.59. The summed E-state index contributed by atoms with van der Waals surface area (Å²) in [5.74, 6) is -1.21. The van der Waals surface area contributed by atoms with Gasteiger partial charge in [0.1, 0.15) is 11.6 Å². The van der Waals surface area contributed by atoms with Crippen molar-refractivity contribution in [1.82, 2.24) is 0 Å². The van der Waals surface area contributed by atoms with Crippen LogP contribution in [0.3, 0.4) is 0 Å². The van der Waals surface area contributed by atoms with Gasteiger partial charge in [0.15, 0.2) is 6.29 Å². The van der Waals surface area contributed by atoms with Crippen molar-refractivity contribution in [2.75, 3.05) is 0 Å². The highest BCUT2D eigenvalue weighted by Gasteiger charge is 2.10. The molecule has 92 valence electrons. The van der Waals surface area contributed by atoms with Crippen LogP contribution >= 0.6 is 0 Å². The van der Waals surface area contributed by atoms with Gasteiger partial charge >= 0.3 is 0 Å². The molecule has 0 aliphatic carbocycles. The molecular formula is C15H12F2O. The molecule has 0 spiro atoms. The predicted molar refractivity (Wildman–Crippen MR) is 66.7 cm³/mol. The molecule has 1 nitrogen and oxygen atoms in total. The van der Waals surface area contributed by atoms with Crippen LogP contribution in [0.15, 0.2) is 30.3 Å². The fraction of sp³-hybridized carbons (Fsp3) is 0.133. The van der Waals surface area contributed by atoms with Gasteiger partial charge in [0.25, 0.3) is 0 Å². The van der Waals surface area contributed by atoms with Crippen LogP contribution in [0.4, 0.5) is 8.78 Å². The Morgan fingerprint density at radius 3 is 2.11 bits per heavy atom. The van der Waals surface area contributed by atoms with E-state index in [1.54, 1.807) is 26.0 Å². The topological polar surface area (TPSA) is 17.1 Å². The van der Waals surface area contributed by atoms with Crippen molar-refractivity contribution >= 4 is 6.29 Å². The normalized spacial score (nSPS) is 10.4. The van der Waals surface area contributed by atoms with Crippen molar-refractivity contribution < 1.29 is 13.6 Å². The van der Waals surface area contributed by atoms with E-state index in [2.05, 4.69) is 0 Å². The Hall–Kier alpha value is -2.03. The van der Waals surface area contributed by atoms with Gasteiger partial charge in [0.05, 0.1) is 0 Å². The van der Waals surface area contributed by atoms with Gasteiger partial charge in [-0.3, -0.25) is 4.79 Å². The summed E-state index contributed by atoms with van der Waals surface area (Å²) >= 11 is 0. The van der Waals surface area contributed by atoms with Gasteiger partial charge in [0.2, 0.25) is 0 Å². The van der Waals surface area contributed by atoms with Gasteiger partial charge in [-0.1, -0.05) is 12.1 Å². The first kappa shape index (κ1) is 12.4. The molecule has 0 aromatic heterocycles. The van der Waals surface area contributed by atoms with E-state index in [1.165, 1.54) is 12.1 Å². The summed E-state index contributed by atoms with van der Waals surface area (Å²) in [6, 6.07) is 6.93. The molecule has 2 aromatic rings. The third-order valence-corrected chi connectivity index (χ3v) is 2.95. The number of rotatable bonds is 2. The molecule has 0 bridgehead atoms. The molecule has 0 amide bonds. The molecule has 2 aromatic carbocycles. The number of carbonyl (C=O) groups is 1. The minimum atomic E-state index is -0.604. The minimum Gasteiger partial charge on any atom is -0.298 e. The van der Waals surface area contributed by atoms with Crippen molar-refractivity contribution in [2.45, 2.75) is 13.8 Å². The zero-order valence-electron chi connectivity index (χ0n) is 10.1. The number of hydrogen-bond donors (Lipinski definition) is 0. The lowest BCUT2D eigenvalue weighted by molar-refractivity contribution is 0.112. The first-order valence-corrected chi connectivity index (χ1v) is 5.55. The molecule has 0 heterocycles. The molecule has 0 fully saturated rings. The van der Waals surface area contributed by atoms with Crippen LogP contribution in [-0.2, 0) is 0 Å². The Bertz CT molecular complexity index is 595. The number of benzene rings is 2. The number of halogens is 2. The quantitative estimate of drug-likeness (QED) is 0.730. The van der Waals surface area contributed by atoms with Crippen molar-refractivity contribution in [3.05, 3.63) is 58.7 Å². The van der Waals surface area contributed by atoms with Crippen LogP contribution in [0.5, 0.6) is 0 Å². The summed E-state index contributed by atoms with van der Waals surface area (Å²) < 4.78 is 26.5. The van der Waals surface area contributed by atoms with Crippen LogP contribution in [0.1, 0.15) is 21.5 Å². The Balaban J connectivity index is 2.61. The summed E-state index contributed by atoms with van der Waals surface area (Å²) in [7, 11) is 0. The van der Waals surface area contributed by atoms with Crippen molar-refractivity contribution in [2.24, 2.45) is 0 Å². The molecule has 0 aliphatic heterocycles. The molecule has 2 rings (SSSR count). The smallest absolute Gasteiger partial charge is 0.150 e. The van der Waals surface area contributed by atoms with Crippen LogP contribution in [0.2, 0.25) is 0 Å². The van der Waals surface area contributed by atoms with Gasteiger partial charge in [0, 0.05) is 17.2 Å². The molecule has 0 atom stereocenters. The highest BCUT2D eigenvalue weighted by molar-refractivity contribution is 5.82. The van der Waals surface area contributed by atoms with Gasteiger partial charge < -0.3 is 0 Å². The molecule has 0 aliphatic rings. The second kappa shape index (κ2) is 4.69. The van der Waals surface area contributed by atoms with Crippen LogP contribution < -0.4 is 0 Å². The highest BCUT2D eigenvalue weighted by Crippen LogP contribution is 2.27. The summed E-state index contributed by atoms with van der Waals surface area (Å²) in [5, 5.41) is 0. The maximum absolute atomic E-state index is 13.7. The third-order valence-electron chi connectivity index (χ3n) is 2.95. The lowest BCUT2D eigenvalue weighted by Crippen LogP contribution is -1.94. The fourth-order valence-corrected chi connectivity index (χ4v) is 2.04. The second-order valence-corrected chi connectivity index (χ2v) is 4.27. The van der Waals surface area contributed by atoms with E-state index in [0.29, 0.717) is 16.7 Å². The summed E-state index contributed by atoms with van der Waals surface area (Å²) in [6.07, 6.45) is 0.787. The Labute approximate surface area is 104 Å². The zero-order chi connectivity index (χ0) is 13.3. The van der Waals surface area contributed by atoms with Crippen LogP contribution in [-0.4, -0.2) is 6.29 Å². The first-order valence-electron chi connectivity index (χ1n) is 5.55. The van der Waals surface area contributed by atoms with Gasteiger partial charge in [-0.25, -0.2) is 8.78 Å². The Kier molecular flexibility index (Phi) is 3.24. The zero-order valence-corrected chi connectivity index (χ0v) is 10.1. The third kappa shape index (κ3) is 2.16. The minimum absolute atomic E-state index is 0.333. The fourth-order valence-electron chi connectivity index (χ4n) is 2.04. The van der Waals surface area contributed by atoms with E-state index >= 15 is 0 Å². The first-order chi connectivity index (χ1) is 8.52. The lowest BCUT2D eigenvalue weighted by atomic mass is 9.96. The van der Waals surface area contributed by atoms with Crippen molar-refractivity contribution in [1.29, 1.82) is 0 Å². The van der Waals surface area contributed by atoms with E-state index < -0.39 is 11.6 Å². The van der Waals surface area contributed by atoms with Gasteiger partial charge in [-0.2, -0.15) is 0 Å². The molecule has 0 radical (unpaired) electrons. The molecule has 0 unspecified atom stereocenters. The van der Waals surface area contributed by atoms with E-state index in [1.807, 2.05) is 0 Å². The average molecular weight is 246 g/mol. The summed E-state index contributed by atoms with van der Waals surface area (Å²) in [5.41, 5.74) is 3.15. The van der Waals surface area contributed by atoms with Crippen LogP contribution in [0, 0.1) is 25.5 Å². The summed E-state index contributed by atoms with van der Waals surface area (Å²) in [4.78, 5) is 10.9. The maximum Gasteiger partial charge on any atom is 0.150 e. The molecule has 0 saturated carbocycles. The van der Waals surface area contributed by atoms with E-state index in [4.69, 9.17) is 0 Å². The maximum atomic E-state index is 13.7. The van der Waals surface area contributed by atoms with E-state index in [-0.39, 0.29) is 0 Å². The van der Waals surface area contributed by atoms with E-state index in [9.17, 15) is 13.6 Å². The monoisotopic (exact) mass is 246 g/mol. The van der Waals surface area contributed by atoms with Crippen LogP contribution in [0.25, 0.3) is 11.1 Å². The van der Waals surface area contributed by atoms with E-state index in [0.717, 1.165) is 23.5 Å². The standard InChI is InChI=1S/C15H12F2O/c1-9-5-11(6-10(2)14(9)8-18)13-4-3-12(16)7-15(13)17/h3-8H,1-2H3. The largest absolute Gasteiger partial charge is 0.298 e. The second-order valence-electron chi connectivity index (χ2n) is 4.27. The number of aldehydes is 1. The van der Waals surface area contributed by atoms with Crippen molar-refractivity contribution in [3.8, 4) is 11.1 Å². The molecule has 0 saturated heterocycles. The van der Waals surface area contributed by atoms with Gasteiger partial charge in [-0.15, -0.1) is 0 Å².